The summed E-state index contributed by atoms with van der Waals surface area (Å²) in [4.78, 5) is 57.6. The van der Waals surface area contributed by atoms with Gasteiger partial charge in [0.05, 0.1) is 26.2 Å². The number of amides is 4. The Balaban J connectivity index is 1.42. The highest BCUT2D eigenvalue weighted by atomic mass is 16.5. The number of urea groups is 1. The summed E-state index contributed by atoms with van der Waals surface area (Å²) in [5.41, 5.74) is 1.21. The first-order valence-corrected chi connectivity index (χ1v) is 13.6. The minimum absolute atomic E-state index is 0.0646. The lowest BCUT2D eigenvalue weighted by Gasteiger charge is -2.32. The third-order valence-corrected chi connectivity index (χ3v) is 7.55. The monoisotopic (exact) mass is 563 g/mol. The Morgan fingerprint density at radius 3 is 2.83 bits per heavy atom. The third-order valence-electron chi connectivity index (χ3n) is 7.55. The Kier molecular flexibility index (Phi) is 7.82. The summed E-state index contributed by atoms with van der Waals surface area (Å²) in [6.45, 7) is 5.53. The lowest BCUT2D eigenvalue weighted by molar-refractivity contribution is -0.148. The average molecular weight is 564 g/mol. The highest BCUT2D eigenvalue weighted by Gasteiger charge is 2.39. The van der Waals surface area contributed by atoms with Crippen molar-refractivity contribution >= 4 is 41.2 Å². The number of imide groups is 1. The van der Waals surface area contributed by atoms with E-state index in [2.05, 4.69) is 15.5 Å². The smallest absolute Gasteiger partial charge is 0.322 e. The molecule has 4 amide bonds. The number of furan rings is 1. The molecule has 3 aromatic rings. The molecule has 0 spiro atoms. The second kappa shape index (κ2) is 11.5. The molecule has 41 heavy (non-hydrogen) atoms. The Labute approximate surface area is 237 Å². The van der Waals surface area contributed by atoms with Gasteiger partial charge in [-0.15, -0.1) is 0 Å². The first kappa shape index (κ1) is 27.9. The first-order valence-electron chi connectivity index (χ1n) is 13.6. The number of anilines is 1. The van der Waals surface area contributed by atoms with Crippen molar-refractivity contribution in [1.82, 2.24) is 20.5 Å². The maximum atomic E-state index is 13.3. The van der Waals surface area contributed by atoms with Crippen LogP contribution >= 0.6 is 0 Å². The molecule has 0 radical (unpaired) electrons. The van der Waals surface area contributed by atoms with Gasteiger partial charge in [0.15, 0.2) is 5.58 Å². The number of esters is 1. The molecule has 2 N–H and O–H groups in total. The first-order chi connectivity index (χ1) is 19.7. The minimum atomic E-state index is -1.21. The molecule has 1 fully saturated rings. The van der Waals surface area contributed by atoms with Gasteiger partial charge in [0.1, 0.15) is 28.4 Å². The largest absolute Gasteiger partial charge is 0.497 e. The average Bonchev–Trinajstić information content (AvgIpc) is 3.54. The maximum Gasteiger partial charge on any atom is 0.322 e. The second-order valence-electron chi connectivity index (χ2n) is 10.4. The van der Waals surface area contributed by atoms with E-state index in [1.807, 2.05) is 12.1 Å². The van der Waals surface area contributed by atoms with E-state index in [0.29, 0.717) is 53.7 Å². The van der Waals surface area contributed by atoms with Crippen LogP contribution in [0.5, 0.6) is 5.75 Å². The van der Waals surface area contributed by atoms with Crippen LogP contribution < -0.4 is 20.3 Å². The van der Waals surface area contributed by atoms with E-state index in [-0.39, 0.29) is 30.7 Å². The second-order valence-corrected chi connectivity index (χ2v) is 10.4. The van der Waals surface area contributed by atoms with Crippen LogP contribution in [-0.2, 0) is 26.4 Å². The zero-order valence-electron chi connectivity index (χ0n) is 23.3. The number of methoxy groups -OCH3 is 1. The van der Waals surface area contributed by atoms with Gasteiger partial charge in [-0.1, -0.05) is 6.07 Å². The molecule has 0 bridgehead atoms. The van der Waals surface area contributed by atoms with Crippen LogP contribution in [0.4, 0.5) is 10.6 Å². The van der Waals surface area contributed by atoms with E-state index in [1.165, 1.54) is 7.11 Å². The zero-order chi connectivity index (χ0) is 29.1. The molecular weight excluding hydrogens is 530 g/mol. The third kappa shape index (κ3) is 5.67. The van der Waals surface area contributed by atoms with Crippen molar-refractivity contribution in [3.63, 3.8) is 0 Å². The normalized spacial score (nSPS) is 18.0. The van der Waals surface area contributed by atoms with Gasteiger partial charge in [-0.2, -0.15) is 0 Å². The number of nitrogens with one attached hydrogen (secondary N) is 2. The van der Waals surface area contributed by atoms with E-state index in [1.54, 1.807) is 43.0 Å². The molecule has 1 saturated heterocycles. The van der Waals surface area contributed by atoms with Crippen LogP contribution in [0.3, 0.4) is 0 Å². The number of rotatable bonds is 9. The molecule has 2 atom stereocenters. The number of pyridine rings is 1. The van der Waals surface area contributed by atoms with Gasteiger partial charge in [0, 0.05) is 31.3 Å². The molecule has 4 heterocycles. The van der Waals surface area contributed by atoms with Gasteiger partial charge < -0.3 is 29.0 Å². The number of carbonyl (C=O) groups is 4. The zero-order valence-corrected chi connectivity index (χ0v) is 23.3. The van der Waals surface area contributed by atoms with E-state index in [9.17, 15) is 19.2 Å². The van der Waals surface area contributed by atoms with Crippen molar-refractivity contribution in [1.29, 1.82) is 0 Å². The molecule has 12 heteroatoms. The maximum absolute atomic E-state index is 13.3. The van der Waals surface area contributed by atoms with Gasteiger partial charge in [-0.3, -0.25) is 19.7 Å². The fraction of sp³-hybridized carbons (Fsp3) is 0.414. The molecule has 1 aromatic carbocycles. The lowest BCUT2D eigenvalue weighted by Crippen LogP contribution is -2.53. The number of benzene rings is 1. The molecule has 2 aliphatic rings. The van der Waals surface area contributed by atoms with Crippen molar-refractivity contribution in [3.05, 3.63) is 53.3 Å². The topological polar surface area (TPSA) is 143 Å². The van der Waals surface area contributed by atoms with Crippen LogP contribution in [0.15, 0.2) is 40.8 Å². The van der Waals surface area contributed by atoms with E-state index < -0.39 is 11.6 Å². The van der Waals surface area contributed by atoms with Crippen LogP contribution in [-0.4, -0.2) is 67.6 Å². The Morgan fingerprint density at radius 1 is 1.24 bits per heavy atom. The summed E-state index contributed by atoms with van der Waals surface area (Å²) < 4.78 is 16.7. The number of piperidine rings is 1. The molecular formula is C29H33N5O7. The minimum Gasteiger partial charge on any atom is -0.497 e. The van der Waals surface area contributed by atoms with Crippen LogP contribution in [0, 0.1) is 5.92 Å². The number of hydrogen-bond donors (Lipinski definition) is 2. The fourth-order valence-corrected chi connectivity index (χ4v) is 5.49. The Hall–Kier alpha value is -4.61. The molecule has 5 rings (SSSR count). The lowest BCUT2D eigenvalue weighted by atomic mass is 9.97. The van der Waals surface area contributed by atoms with Crippen molar-refractivity contribution in [2.75, 3.05) is 38.3 Å². The van der Waals surface area contributed by atoms with Gasteiger partial charge in [0.2, 0.25) is 6.41 Å². The number of hydrogen-bond acceptors (Lipinski definition) is 9. The molecule has 0 aliphatic carbocycles. The summed E-state index contributed by atoms with van der Waals surface area (Å²) in [6.07, 6.45) is 1.89. The summed E-state index contributed by atoms with van der Waals surface area (Å²) in [7, 11) is 1.54. The number of ether oxygens (including phenoxy) is 2. The van der Waals surface area contributed by atoms with Gasteiger partial charge in [-0.05, 0) is 56.5 Å². The Morgan fingerprint density at radius 2 is 2.07 bits per heavy atom. The van der Waals surface area contributed by atoms with Crippen LogP contribution in [0.1, 0.15) is 48.4 Å². The number of fused-ring (bicyclic) bond motifs is 2. The molecule has 2 aliphatic heterocycles. The predicted octanol–water partition coefficient (Wildman–Crippen LogP) is 2.94. The van der Waals surface area contributed by atoms with Crippen molar-refractivity contribution < 1.29 is 33.1 Å². The summed E-state index contributed by atoms with van der Waals surface area (Å²) >= 11 is 0. The molecule has 12 nitrogen and oxygen atoms in total. The van der Waals surface area contributed by atoms with Crippen molar-refractivity contribution in [2.45, 2.75) is 38.8 Å². The van der Waals surface area contributed by atoms with Crippen molar-refractivity contribution in [2.24, 2.45) is 5.92 Å². The van der Waals surface area contributed by atoms with Gasteiger partial charge >= 0.3 is 12.0 Å². The Bertz CT molecular complexity index is 1490. The van der Waals surface area contributed by atoms with Gasteiger partial charge in [-0.25, -0.2) is 9.78 Å². The van der Waals surface area contributed by atoms with E-state index in [4.69, 9.17) is 18.9 Å². The predicted molar refractivity (Wildman–Crippen MR) is 148 cm³/mol. The fourth-order valence-electron chi connectivity index (χ4n) is 5.49. The van der Waals surface area contributed by atoms with Crippen molar-refractivity contribution in [3.8, 4) is 5.75 Å². The summed E-state index contributed by atoms with van der Waals surface area (Å²) in [5.74, 6) is 1.02. The number of aromatic nitrogens is 1. The summed E-state index contributed by atoms with van der Waals surface area (Å²) in [5, 5.41) is 4.89. The molecule has 0 saturated carbocycles. The number of carbonyl (C=O) groups excluding carboxylic acids is 4. The molecule has 2 aromatic heterocycles. The number of nitrogens with zero attached hydrogens (tertiary/aromatic N) is 3. The summed E-state index contributed by atoms with van der Waals surface area (Å²) in [6, 6.07) is 9.96. The molecule has 1 unspecified atom stereocenters. The quantitative estimate of drug-likeness (QED) is 0.297. The highest BCUT2D eigenvalue weighted by molar-refractivity contribution is 5.99. The van der Waals surface area contributed by atoms with E-state index >= 15 is 0 Å². The standard InChI is InChI=1S/C29H33N5O7/c1-4-40-27(37)19-6-5-11-33(15-19)25-10-9-23-22(31-25)13-24(41-23)29(2,32-28(38)30-17-35)16-34-14-18-7-8-20(39-3)12-21(18)26(34)36/h7-10,12-13,17,19H,4-6,11,14-16H2,1-3H3,(H2,30,32,35,38)/t19?,29-/m0/s1. The highest BCUT2D eigenvalue weighted by Crippen LogP contribution is 2.34. The molecule has 216 valence electrons. The van der Waals surface area contributed by atoms with Crippen LogP contribution in [0.25, 0.3) is 11.1 Å². The van der Waals surface area contributed by atoms with Gasteiger partial charge in [0.25, 0.3) is 5.91 Å². The van der Waals surface area contributed by atoms with E-state index in [0.717, 1.165) is 24.9 Å². The SMILES string of the molecule is CCOC(=O)C1CCCN(c2ccc3oc([C@](C)(CN4Cc5ccc(OC)cc5C4=O)NC(=O)NC=O)cc3n2)C1. The van der Waals surface area contributed by atoms with Crippen LogP contribution in [0.2, 0.25) is 0 Å².